The van der Waals surface area contributed by atoms with Crippen molar-refractivity contribution in [2.45, 2.75) is 24.1 Å². The summed E-state index contributed by atoms with van der Waals surface area (Å²) in [6.45, 7) is 0. The van der Waals surface area contributed by atoms with E-state index in [1.807, 2.05) is 46.8 Å². The lowest BCUT2D eigenvalue weighted by Crippen LogP contribution is -2.22. The van der Waals surface area contributed by atoms with Crippen LogP contribution in [0.2, 0.25) is 0 Å². The second-order valence-corrected chi connectivity index (χ2v) is 9.62. The minimum atomic E-state index is -0.514. The van der Waals surface area contributed by atoms with E-state index in [0.717, 1.165) is 35.3 Å². The number of nitrogens with zero attached hydrogens (tertiary/aromatic N) is 1. The molecule has 0 unspecified atom stereocenters. The van der Waals surface area contributed by atoms with Crippen LogP contribution < -0.4 is 16.4 Å². The molecule has 2 aliphatic heterocycles. The number of hydrogen-bond donors (Lipinski definition) is 3. The van der Waals surface area contributed by atoms with Gasteiger partial charge in [-0.1, -0.05) is 18.2 Å². The molecule has 2 aliphatic rings. The van der Waals surface area contributed by atoms with E-state index in [1.54, 1.807) is 0 Å². The molecule has 0 saturated carbocycles. The summed E-state index contributed by atoms with van der Waals surface area (Å²) in [5, 5.41) is 6.24. The summed E-state index contributed by atoms with van der Waals surface area (Å²) < 4.78 is 1.82. The van der Waals surface area contributed by atoms with Gasteiger partial charge in [0.2, 0.25) is 5.91 Å². The first-order valence-corrected chi connectivity index (χ1v) is 11.8. The smallest absolute Gasteiger partial charge is 0.270 e. The molecule has 3 N–H and O–H groups in total. The van der Waals surface area contributed by atoms with E-state index in [-0.39, 0.29) is 28.8 Å². The van der Waals surface area contributed by atoms with Gasteiger partial charge >= 0.3 is 0 Å². The Labute approximate surface area is 174 Å². The molecular formula is C20H20N4O3S2. The molecule has 1 aromatic carbocycles. The number of nitrogens with one attached hydrogen (secondary N) is 3. The van der Waals surface area contributed by atoms with E-state index >= 15 is 0 Å². The fourth-order valence-electron chi connectivity index (χ4n) is 4.07. The first-order valence-electron chi connectivity index (χ1n) is 9.57. The number of aromatic nitrogens is 3. The van der Waals surface area contributed by atoms with Crippen LogP contribution in [0.4, 0.5) is 5.82 Å². The Morgan fingerprint density at radius 1 is 1.03 bits per heavy atom. The maximum absolute atomic E-state index is 13.0. The van der Waals surface area contributed by atoms with Crippen LogP contribution >= 0.6 is 23.5 Å². The molecule has 150 valence electrons. The van der Waals surface area contributed by atoms with Gasteiger partial charge in [0.25, 0.3) is 11.1 Å². The fraction of sp³-hybridized carbons (Fsp3) is 0.350. The summed E-state index contributed by atoms with van der Waals surface area (Å²) in [4.78, 5) is 41.2. The highest BCUT2D eigenvalue weighted by Crippen LogP contribution is 2.40. The quantitative estimate of drug-likeness (QED) is 0.583. The lowest BCUT2D eigenvalue weighted by Gasteiger charge is -2.24. The number of fused-ring (bicyclic) bond motifs is 2. The summed E-state index contributed by atoms with van der Waals surface area (Å²) in [5.41, 5.74) is 1.22. The van der Waals surface area contributed by atoms with Crippen molar-refractivity contribution in [3.05, 3.63) is 62.2 Å². The van der Waals surface area contributed by atoms with Crippen LogP contribution in [-0.4, -0.2) is 37.9 Å². The summed E-state index contributed by atoms with van der Waals surface area (Å²) in [6.07, 6.45) is 1.87. The Morgan fingerprint density at radius 2 is 1.83 bits per heavy atom. The molecule has 0 spiro atoms. The van der Waals surface area contributed by atoms with Crippen LogP contribution in [-0.2, 0) is 4.79 Å². The number of anilines is 1. The first-order chi connectivity index (χ1) is 14.1. The summed E-state index contributed by atoms with van der Waals surface area (Å²) in [7, 11) is 0. The lowest BCUT2D eigenvalue weighted by molar-refractivity contribution is -0.113. The van der Waals surface area contributed by atoms with Gasteiger partial charge < -0.3 is 10.3 Å². The Morgan fingerprint density at radius 3 is 2.66 bits per heavy atom. The summed E-state index contributed by atoms with van der Waals surface area (Å²) in [6, 6.07) is 9.53. The molecule has 0 radical (unpaired) electrons. The molecule has 2 aromatic heterocycles. The second-order valence-electron chi connectivity index (χ2n) is 7.30. The van der Waals surface area contributed by atoms with E-state index in [2.05, 4.69) is 15.4 Å². The SMILES string of the molecule is O=C1CS[C@H](c2cc3ccccc3[nH]c2=O)c2c(n(C3CCSCC3)[nH]c2=O)N1. The predicted octanol–water partition coefficient (Wildman–Crippen LogP) is 2.86. The van der Waals surface area contributed by atoms with Gasteiger partial charge in [-0.3, -0.25) is 24.2 Å². The van der Waals surface area contributed by atoms with Crippen LogP contribution in [0.3, 0.4) is 0 Å². The fourth-order valence-corrected chi connectivity index (χ4v) is 6.28. The summed E-state index contributed by atoms with van der Waals surface area (Å²) >= 11 is 3.22. The third kappa shape index (κ3) is 3.32. The molecule has 29 heavy (non-hydrogen) atoms. The van der Waals surface area contributed by atoms with E-state index < -0.39 is 5.25 Å². The van der Waals surface area contributed by atoms with E-state index in [0.29, 0.717) is 16.9 Å². The van der Waals surface area contributed by atoms with Gasteiger partial charge in [0.05, 0.1) is 22.6 Å². The lowest BCUT2D eigenvalue weighted by atomic mass is 10.0. The summed E-state index contributed by atoms with van der Waals surface area (Å²) in [5.74, 6) is 2.59. The van der Waals surface area contributed by atoms with Crippen molar-refractivity contribution in [1.29, 1.82) is 0 Å². The average Bonchev–Trinajstić information content (AvgIpc) is 2.94. The van der Waals surface area contributed by atoms with Crippen LogP contribution in [0.5, 0.6) is 0 Å². The second kappa shape index (κ2) is 7.46. The van der Waals surface area contributed by atoms with Gasteiger partial charge in [-0.15, -0.1) is 11.8 Å². The highest BCUT2D eigenvalue weighted by atomic mass is 32.2. The number of amides is 1. The number of carbonyl (C=O) groups is 1. The number of thioether (sulfide) groups is 2. The Hall–Kier alpha value is -2.39. The third-order valence-corrected chi connectivity index (χ3v) is 7.78. The monoisotopic (exact) mass is 428 g/mol. The zero-order valence-corrected chi connectivity index (χ0v) is 17.2. The topological polar surface area (TPSA) is 99.8 Å². The molecule has 1 atom stereocenters. The van der Waals surface area contributed by atoms with Crippen LogP contribution in [0.15, 0.2) is 39.9 Å². The van der Waals surface area contributed by atoms with Crippen molar-refractivity contribution in [2.24, 2.45) is 0 Å². The Balaban J connectivity index is 1.68. The van der Waals surface area contributed by atoms with Crippen LogP contribution in [0, 0.1) is 0 Å². The highest BCUT2D eigenvalue weighted by molar-refractivity contribution is 8.00. The number of carbonyl (C=O) groups excluding carboxylic acids is 1. The largest absolute Gasteiger partial charge is 0.322 e. The molecule has 1 saturated heterocycles. The van der Waals surface area contributed by atoms with Gasteiger partial charge in [-0.2, -0.15) is 11.8 Å². The Kier molecular flexibility index (Phi) is 4.79. The number of rotatable bonds is 2. The van der Waals surface area contributed by atoms with E-state index in [9.17, 15) is 14.4 Å². The van der Waals surface area contributed by atoms with Crippen molar-refractivity contribution in [3.8, 4) is 0 Å². The van der Waals surface area contributed by atoms with Crippen LogP contribution in [0.25, 0.3) is 10.9 Å². The average molecular weight is 429 g/mol. The molecule has 5 rings (SSSR count). The van der Waals surface area contributed by atoms with Crippen molar-refractivity contribution < 1.29 is 4.79 Å². The van der Waals surface area contributed by atoms with Gasteiger partial charge in [-0.25, -0.2) is 0 Å². The van der Waals surface area contributed by atoms with Gasteiger partial charge in [-0.05, 0) is 41.9 Å². The minimum absolute atomic E-state index is 0.145. The highest BCUT2D eigenvalue weighted by Gasteiger charge is 2.33. The third-order valence-electron chi connectivity index (χ3n) is 5.48. The predicted molar refractivity (Wildman–Crippen MR) is 118 cm³/mol. The minimum Gasteiger partial charge on any atom is -0.322 e. The van der Waals surface area contributed by atoms with Crippen LogP contribution in [0.1, 0.15) is 35.3 Å². The van der Waals surface area contributed by atoms with Crippen molar-refractivity contribution in [1.82, 2.24) is 14.8 Å². The zero-order chi connectivity index (χ0) is 20.0. The number of hydrogen-bond acceptors (Lipinski definition) is 5. The number of pyridine rings is 1. The standard InChI is InChI=1S/C20H20N4O3S2/c25-15-10-29-17(13-9-11-3-1-2-4-14(11)21-19(13)26)16-18(22-15)24(23-20(16)27)12-5-7-28-8-6-12/h1-4,9,12,17H,5-8,10H2,(H,21,26)(H,22,25)(H,23,27)/t17-/m1/s1. The van der Waals surface area contributed by atoms with E-state index in [4.69, 9.17) is 0 Å². The normalized spacial score (nSPS) is 20.3. The molecule has 0 bridgehead atoms. The number of aromatic amines is 2. The molecule has 4 heterocycles. The van der Waals surface area contributed by atoms with E-state index in [1.165, 1.54) is 11.8 Å². The molecule has 1 amide bonds. The molecule has 7 nitrogen and oxygen atoms in total. The molecular weight excluding hydrogens is 408 g/mol. The molecule has 3 aromatic rings. The van der Waals surface area contributed by atoms with Crippen molar-refractivity contribution >= 4 is 46.2 Å². The molecule has 1 fully saturated rings. The number of benzene rings is 1. The molecule has 0 aliphatic carbocycles. The van der Waals surface area contributed by atoms with Gasteiger partial charge in [0.15, 0.2) is 0 Å². The Bertz CT molecular complexity index is 1210. The first kappa shape index (κ1) is 18.6. The maximum atomic E-state index is 13.0. The van der Waals surface area contributed by atoms with Gasteiger partial charge in [0, 0.05) is 11.1 Å². The number of para-hydroxylation sites is 1. The maximum Gasteiger partial charge on any atom is 0.270 e. The number of H-pyrrole nitrogens is 2. The molecule has 9 heteroatoms. The zero-order valence-electron chi connectivity index (χ0n) is 15.6. The van der Waals surface area contributed by atoms with Crippen molar-refractivity contribution in [2.75, 3.05) is 22.6 Å². The van der Waals surface area contributed by atoms with Crippen molar-refractivity contribution in [3.63, 3.8) is 0 Å². The van der Waals surface area contributed by atoms with Gasteiger partial charge in [0.1, 0.15) is 5.82 Å².